The van der Waals surface area contributed by atoms with Gasteiger partial charge in [-0.2, -0.15) is 0 Å². The van der Waals surface area contributed by atoms with E-state index in [0.717, 1.165) is 11.5 Å². The van der Waals surface area contributed by atoms with E-state index in [2.05, 4.69) is 27.5 Å². The lowest BCUT2D eigenvalue weighted by Gasteiger charge is -2.11. The Balaban J connectivity index is 1.51. The second-order valence-electron chi connectivity index (χ2n) is 5.95. The van der Waals surface area contributed by atoms with Gasteiger partial charge in [-0.25, -0.2) is 9.37 Å². The molecule has 2 unspecified atom stereocenters. The van der Waals surface area contributed by atoms with Gasteiger partial charge in [-0.3, -0.25) is 4.99 Å². The standard InChI is InChI=1S/C18H21FN4O/c1-12-9-16(12)23-18(20-2)22-11-13-3-8-17(21-10-13)24-15-6-4-14(19)5-7-15/h3-8,10,12,16H,9,11H2,1-2H3,(H2,20,22,23). The third kappa shape index (κ3) is 4.44. The molecule has 1 aliphatic carbocycles. The first-order chi connectivity index (χ1) is 11.6. The molecule has 2 atom stereocenters. The van der Waals surface area contributed by atoms with Crippen molar-refractivity contribution in [2.75, 3.05) is 7.05 Å². The second-order valence-corrected chi connectivity index (χ2v) is 5.95. The van der Waals surface area contributed by atoms with Gasteiger partial charge in [0.05, 0.1) is 0 Å². The molecule has 0 amide bonds. The molecule has 126 valence electrons. The summed E-state index contributed by atoms with van der Waals surface area (Å²) in [5.41, 5.74) is 1.02. The molecule has 1 aromatic heterocycles. The van der Waals surface area contributed by atoms with Crippen molar-refractivity contribution in [3.63, 3.8) is 0 Å². The van der Waals surface area contributed by atoms with Crippen LogP contribution < -0.4 is 15.4 Å². The molecule has 1 saturated carbocycles. The van der Waals surface area contributed by atoms with Crippen molar-refractivity contribution >= 4 is 5.96 Å². The van der Waals surface area contributed by atoms with Crippen molar-refractivity contribution in [2.45, 2.75) is 25.9 Å². The highest BCUT2D eigenvalue weighted by atomic mass is 19.1. The third-order valence-corrected chi connectivity index (χ3v) is 3.95. The highest BCUT2D eigenvalue weighted by molar-refractivity contribution is 5.80. The average Bonchev–Trinajstić information content (AvgIpc) is 3.30. The molecule has 24 heavy (non-hydrogen) atoms. The fraction of sp³-hybridized carbons (Fsp3) is 0.333. The maximum absolute atomic E-state index is 12.9. The third-order valence-electron chi connectivity index (χ3n) is 3.95. The number of nitrogens with one attached hydrogen (secondary N) is 2. The Labute approximate surface area is 141 Å². The monoisotopic (exact) mass is 328 g/mol. The van der Waals surface area contributed by atoms with E-state index in [1.54, 1.807) is 31.4 Å². The van der Waals surface area contributed by atoms with E-state index in [4.69, 9.17) is 4.74 Å². The summed E-state index contributed by atoms with van der Waals surface area (Å²) in [6, 6.07) is 10.1. The minimum atomic E-state index is -0.292. The van der Waals surface area contributed by atoms with Crippen LogP contribution in [0.1, 0.15) is 18.9 Å². The molecule has 0 saturated heterocycles. The van der Waals surface area contributed by atoms with Crippen molar-refractivity contribution in [3.8, 4) is 11.6 Å². The number of halogens is 1. The van der Waals surface area contributed by atoms with Gasteiger partial charge in [0.15, 0.2) is 5.96 Å². The van der Waals surface area contributed by atoms with Crippen LogP contribution in [0.3, 0.4) is 0 Å². The number of nitrogens with zero attached hydrogens (tertiary/aromatic N) is 2. The predicted molar refractivity (Wildman–Crippen MR) is 91.6 cm³/mol. The summed E-state index contributed by atoms with van der Waals surface area (Å²) in [4.78, 5) is 8.49. The maximum atomic E-state index is 12.9. The molecule has 1 fully saturated rings. The summed E-state index contributed by atoms with van der Waals surface area (Å²) in [5, 5.41) is 6.64. The van der Waals surface area contributed by atoms with E-state index in [9.17, 15) is 4.39 Å². The molecule has 1 heterocycles. The van der Waals surface area contributed by atoms with Crippen molar-refractivity contribution < 1.29 is 9.13 Å². The Bertz CT molecular complexity index is 700. The molecule has 1 aliphatic rings. The molecule has 0 bridgehead atoms. The van der Waals surface area contributed by atoms with Crippen LogP contribution in [0.4, 0.5) is 4.39 Å². The zero-order valence-corrected chi connectivity index (χ0v) is 13.8. The number of benzene rings is 1. The number of guanidine groups is 1. The normalized spacial score (nSPS) is 19.7. The molecule has 1 aromatic carbocycles. The van der Waals surface area contributed by atoms with Gasteiger partial charge in [-0.15, -0.1) is 0 Å². The van der Waals surface area contributed by atoms with Gasteiger partial charge in [0.25, 0.3) is 0 Å². The molecular weight excluding hydrogens is 307 g/mol. The highest BCUT2D eigenvalue weighted by Crippen LogP contribution is 2.28. The van der Waals surface area contributed by atoms with Gasteiger partial charge in [0, 0.05) is 31.9 Å². The molecule has 6 heteroatoms. The lowest BCUT2D eigenvalue weighted by atomic mass is 10.3. The number of ether oxygens (including phenoxy) is 1. The van der Waals surface area contributed by atoms with Gasteiger partial charge in [-0.05, 0) is 42.2 Å². The van der Waals surface area contributed by atoms with Gasteiger partial charge >= 0.3 is 0 Å². The molecule has 0 radical (unpaired) electrons. The number of rotatable bonds is 5. The highest BCUT2D eigenvalue weighted by Gasteiger charge is 2.33. The van der Waals surface area contributed by atoms with E-state index >= 15 is 0 Å². The Morgan fingerprint density at radius 2 is 2.04 bits per heavy atom. The first-order valence-electron chi connectivity index (χ1n) is 7.99. The van der Waals surface area contributed by atoms with Crippen LogP contribution in [0.25, 0.3) is 0 Å². The predicted octanol–water partition coefficient (Wildman–Crippen LogP) is 3.09. The van der Waals surface area contributed by atoms with E-state index in [1.165, 1.54) is 18.6 Å². The topological polar surface area (TPSA) is 58.5 Å². The summed E-state index contributed by atoms with van der Waals surface area (Å²) in [7, 11) is 1.76. The first-order valence-corrected chi connectivity index (χ1v) is 7.99. The van der Waals surface area contributed by atoms with E-state index in [0.29, 0.717) is 30.1 Å². The fourth-order valence-electron chi connectivity index (χ4n) is 2.28. The quantitative estimate of drug-likeness (QED) is 0.654. The Morgan fingerprint density at radius 3 is 2.62 bits per heavy atom. The van der Waals surface area contributed by atoms with Crippen LogP contribution in [-0.2, 0) is 6.54 Å². The molecule has 5 nitrogen and oxygen atoms in total. The summed E-state index contributed by atoms with van der Waals surface area (Å²) >= 11 is 0. The molecule has 0 spiro atoms. The van der Waals surface area contributed by atoms with Crippen LogP contribution >= 0.6 is 0 Å². The molecule has 2 N–H and O–H groups in total. The van der Waals surface area contributed by atoms with Crippen molar-refractivity contribution in [2.24, 2.45) is 10.9 Å². The van der Waals surface area contributed by atoms with Crippen LogP contribution in [0.15, 0.2) is 47.6 Å². The van der Waals surface area contributed by atoms with Crippen molar-refractivity contribution in [1.29, 1.82) is 0 Å². The number of aliphatic imine (C=N–C) groups is 1. The lowest BCUT2D eigenvalue weighted by Crippen LogP contribution is -2.38. The molecular formula is C18H21FN4O. The zero-order valence-electron chi connectivity index (χ0n) is 13.8. The summed E-state index contributed by atoms with van der Waals surface area (Å²) in [6.45, 7) is 2.85. The first kappa shape index (κ1) is 16.2. The summed E-state index contributed by atoms with van der Waals surface area (Å²) in [6.07, 6.45) is 2.94. The maximum Gasteiger partial charge on any atom is 0.219 e. The summed E-state index contributed by atoms with van der Waals surface area (Å²) < 4.78 is 18.4. The molecule has 2 aromatic rings. The summed E-state index contributed by atoms with van der Waals surface area (Å²) in [5.74, 6) is 2.25. The van der Waals surface area contributed by atoms with Crippen molar-refractivity contribution in [3.05, 3.63) is 54.0 Å². The number of hydrogen-bond acceptors (Lipinski definition) is 3. The zero-order chi connectivity index (χ0) is 16.9. The molecule has 0 aliphatic heterocycles. The SMILES string of the molecule is CN=C(NCc1ccc(Oc2ccc(F)cc2)nc1)NC1CC1C. The Morgan fingerprint density at radius 1 is 1.29 bits per heavy atom. The van der Waals surface area contributed by atoms with Crippen LogP contribution in [0.2, 0.25) is 0 Å². The Kier molecular flexibility index (Phi) is 4.93. The van der Waals surface area contributed by atoms with Gasteiger partial charge in [-0.1, -0.05) is 13.0 Å². The number of pyridine rings is 1. The smallest absolute Gasteiger partial charge is 0.219 e. The van der Waals surface area contributed by atoms with E-state index in [1.807, 2.05) is 6.07 Å². The lowest BCUT2D eigenvalue weighted by molar-refractivity contribution is 0.461. The average molecular weight is 328 g/mol. The van der Waals surface area contributed by atoms with Crippen molar-refractivity contribution in [1.82, 2.24) is 15.6 Å². The van der Waals surface area contributed by atoms with Crippen LogP contribution in [0.5, 0.6) is 11.6 Å². The molecule has 3 rings (SSSR count). The van der Waals surface area contributed by atoms with E-state index in [-0.39, 0.29) is 5.82 Å². The fourth-order valence-corrected chi connectivity index (χ4v) is 2.28. The minimum Gasteiger partial charge on any atom is -0.439 e. The van der Waals surface area contributed by atoms with Gasteiger partial charge in [0.2, 0.25) is 5.88 Å². The Hall–Kier alpha value is -2.63. The van der Waals surface area contributed by atoms with E-state index < -0.39 is 0 Å². The van der Waals surface area contributed by atoms with Crippen LogP contribution in [0, 0.1) is 11.7 Å². The minimum absolute atomic E-state index is 0.292. The second kappa shape index (κ2) is 7.29. The van der Waals surface area contributed by atoms with Gasteiger partial charge < -0.3 is 15.4 Å². The number of hydrogen-bond donors (Lipinski definition) is 2. The number of aromatic nitrogens is 1. The van der Waals surface area contributed by atoms with Gasteiger partial charge in [0.1, 0.15) is 11.6 Å². The van der Waals surface area contributed by atoms with Crippen LogP contribution in [-0.4, -0.2) is 24.0 Å². The largest absolute Gasteiger partial charge is 0.439 e.